The first-order valence-electron chi connectivity index (χ1n) is 7.21. The van der Waals surface area contributed by atoms with E-state index in [-0.39, 0.29) is 12.5 Å². The third kappa shape index (κ3) is 5.86. The first kappa shape index (κ1) is 18.3. The fourth-order valence-corrected chi connectivity index (χ4v) is 2.24. The van der Waals surface area contributed by atoms with E-state index < -0.39 is 0 Å². The minimum absolute atomic E-state index is 0.132. The fraction of sp³-hybridized carbons (Fsp3) is 0.176. The summed E-state index contributed by atoms with van der Waals surface area (Å²) in [7, 11) is 0. The van der Waals surface area contributed by atoms with Gasteiger partial charge in [0.25, 0.3) is 5.91 Å². The van der Waals surface area contributed by atoms with E-state index in [1.54, 1.807) is 30.3 Å². The highest BCUT2D eigenvalue weighted by atomic mass is 79.9. The Morgan fingerprint density at radius 3 is 2.71 bits per heavy atom. The van der Waals surface area contributed by atoms with Crippen molar-refractivity contribution in [2.45, 2.75) is 6.92 Å². The Morgan fingerprint density at radius 1 is 1.25 bits per heavy atom. The zero-order valence-corrected chi connectivity index (χ0v) is 15.3. The van der Waals surface area contributed by atoms with Gasteiger partial charge in [-0.2, -0.15) is 5.10 Å². The van der Waals surface area contributed by atoms with Gasteiger partial charge in [0, 0.05) is 15.1 Å². The van der Waals surface area contributed by atoms with Crippen molar-refractivity contribution < 1.29 is 14.3 Å². The number of nitrogens with one attached hydrogen (secondary N) is 1. The summed E-state index contributed by atoms with van der Waals surface area (Å²) >= 11 is 9.29. The molecule has 2 rings (SSSR count). The number of carbonyl (C=O) groups is 1. The number of hydrogen-bond donors (Lipinski definition) is 1. The molecule has 0 saturated heterocycles. The molecule has 2 aromatic rings. The van der Waals surface area contributed by atoms with Crippen LogP contribution in [0.2, 0.25) is 5.02 Å². The lowest BCUT2D eigenvalue weighted by Crippen LogP contribution is -2.24. The Balaban J connectivity index is 1.88. The maximum absolute atomic E-state index is 11.7. The number of carbonyl (C=O) groups excluding carboxylic acids is 1. The minimum atomic E-state index is -0.367. The van der Waals surface area contributed by atoms with Gasteiger partial charge in [-0.3, -0.25) is 4.79 Å². The van der Waals surface area contributed by atoms with Crippen molar-refractivity contribution >= 4 is 39.7 Å². The molecule has 0 fully saturated rings. The second-order valence-corrected chi connectivity index (χ2v) is 6.00. The highest BCUT2D eigenvalue weighted by Crippen LogP contribution is 2.21. The molecule has 0 heterocycles. The predicted molar refractivity (Wildman–Crippen MR) is 98.0 cm³/mol. The summed E-state index contributed by atoms with van der Waals surface area (Å²) in [6.07, 6.45) is 1.48. The fourth-order valence-electron chi connectivity index (χ4n) is 1.79. The van der Waals surface area contributed by atoms with Crippen LogP contribution in [0.15, 0.2) is 52.0 Å². The molecule has 0 aliphatic carbocycles. The zero-order chi connectivity index (χ0) is 17.4. The molecule has 0 aliphatic rings. The van der Waals surface area contributed by atoms with Gasteiger partial charge in [0.2, 0.25) is 0 Å². The van der Waals surface area contributed by atoms with Crippen molar-refractivity contribution in [2.75, 3.05) is 13.2 Å². The Kier molecular flexibility index (Phi) is 7.08. The first-order chi connectivity index (χ1) is 11.6. The van der Waals surface area contributed by atoms with Gasteiger partial charge in [-0.05, 0) is 49.4 Å². The molecule has 126 valence electrons. The Morgan fingerprint density at radius 2 is 2.00 bits per heavy atom. The normalized spacial score (nSPS) is 10.6. The Hall–Kier alpha value is -2.05. The number of ether oxygens (including phenoxy) is 2. The van der Waals surface area contributed by atoms with E-state index in [0.29, 0.717) is 28.7 Å². The van der Waals surface area contributed by atoms with E-state index in [4.69, 9.17) is 21.1 Å². The monoisotopic (exact) mass is 410 g/mol. The maximum atomic E-state index is 11.7. The maximum Gasteiger partial charge on any atom is 0.277 e. The number of halogens is 2. The smallest absolute Gasteiger partial charge is 0.277 e. The van der Waals surface area contributed by atoms with Gasteiger partial charge < -0.3 is 9.47 Å². The van der Waals surface area contributed by atoms with Crippen LogP contribution in [0.1, 0.15) is 12.5 Å². The summed E-state index contributed by atoms with van der Waals surface area (Å²) in [4.78, 5) is 11.7. The van der Waals surface area contributed by atoms with Crippen LogP contribution in [0.4, 0.5) is 0 Å². The molecule has 0 bridgehead atoms. The van der Waals surface area contributed by atoms with Gasteiger partial charge in [0.15, 0.2) is 6.61 Å². The van der Waals surface area contributed by atoms with E-state index in [0.717, 1.165) is 4.47 Å². The Labute approximate surface area is 153 Å². The standard InChI is InChI=1S/C17H16BrClN2O3/c1-2-23-16-8-5-14(19)9-12(16)10-20-21-17(22)11-24-15-6-3-13(18)4-7-15/h3-10H,2,11H2,1H3,(H,21,22)/b20-10-. The van der Waals surface area contributed by atoms with E-state index >= 15 is 0 Å². The van der Waals surface area contributed by atoms with Gasteiger partial charge in [-0.1, -0.05) is 27.5 Å². The molecule has 24 heavy (non-hydrogen) atoms. The van der Waals surface area contributed by atoms with Gasteiger partial charge in [0.1, 0.15) is 11.5 Å². The summed E-state index contributed by atoms with van der Waals surface area (Å²) in [5.74, 6) is 0.881. The van der Waals surface area contributed by atoms with Crippen molar-refractivity contribution in [3.8, 4) is 11.5 Å². The molecule has 1 amide bonds. The largest absolute Gasteiger partial charge is 0.493 e. The van der Waals surface area contributed by atoms with E-state index in [9.17, 15) is 4.79 Å². The van der Waals surface area contributed by atoms with Crippen LogP contribution >= 0.6 is 27.5 Å². The molecule has 2 aromatic carbocycles. The van der Waals surface area contributed by atoms with Gasteiger partial charge >= 0.3 is 0 Å². The van der Waals surface area contributed by atoms with Crippen LogP contribution in [0.25, 0.3) is 0 Å². The van der Waals surface area contributed by atoms with Crippen molar-refractivity contribution in [1.29, 1.82) is 0 Å². The van der Waals surface area contributed by atoms with Crippen LogP contribution in [-0.4, -0.2) is 25.3 Å². The van der Waals surface area contributed by atoms with E-state index in [2.05, 4.69) is 26.5 Å². The topological polar surface area (TPSA) is 59.9 Å². The molecule has 0 spiro atoms. The third-order valence-corrected chi connectivity index (χ3v) is 3.61. The predicted octanol–water partition coefficient (Wildman–Crippen LogP) is 4.03. The van der Waals surface area contributed by atoms with Crippen LogP contribution in [0.5, 0.6) is 11.5 Å². The summed E-state index contributed by atoms with van der Waals surface area (Å²) in [5.41, 5.74) is 3.08. The summed E-state index contributed by atoms with van der Waals surface area (Å²) < 4.78 is 11.8. The first-order valence-corrected chi connectivity index (χ1v) is 8.38. The molecule has 0 radical (unpaired) electrons. The lowest BCUT2D eigenvalue weighted by Gasteiger charge is -2.07. The number of hydrogen-bond acceptors (Lipinski definition) is 4. The van der Waals surface area contributed by atoms with Crippen molar-refractivity contribution in [3.63, 3.8) is 0 Å². The van der Waals surface area contributed by atoms with Crippen molar-refractivity contribution in [2.24, 2.45) is 5.10 Å². The third-order valence-electron chi connectivity index (χ3n) is 2.85. The second kappa shape index (κ2) is 9.30. The number of nitrogens with zero attached hydrogens (tertiary/aromatic N) is 1. The van der Waals surface area contributed by atoms with E-state index in [1.165, 1.54) is 6.21 Å². The molecule has 0 saturated carbocycles. The minimum Gasteiger partial charge on any atom is -0.493 e. The Bertz CT molecular complexity index is 720. The average Bonchev–Trinajstić information content (AvgIpc) is 2.57. The van der Waals surface area contributed by atoms with Crippen LogP contribution in [0.3, 0.4) is 0 Å². The molecule has 0 aromatic heterocycles. The van der Waals surface area contributed by atoms with Gasteiger partial charge in [0.05, 0.1) is 12.8 Å². The highest BCUT2D eigenvalue weighted by molar-refractivity contribution is 9.10. The average molecular weight is 412 g/mol. The number of amides is 1. The lowest BCUT2D eigenvalue weighted by molar-refractivity contribution is -0.123. The number of benzene rings is 2. The lowest BCUT2D eigenvalue weighted by atomic mass is 10.2. The highest BCUT2D eigenvalue weighted by Gasteiger charge is 2.04. The molecule has 0 unspecified atom stereocenters. The quantitative estimate of drug-likeness (QED) is 0.553. The summed E-state index contributed by atoms with van der Waals surface area (Å²) in [6.45, 7) is 2.28. The second-order valence-electron chi connectivity index (χ2n) is 4.65. The SMILES string of the molecule is CCOc1ccc(Cl)cc1/C=N\NC(=O)COc1ccc(Br)cc1. The molecule has 0 atom stereocenters. The zero-order valence-electron chi connectivity index (χ0n) is 13.0. The van der Waals surface area contributed by atoms with E-state index in [1.807, 2.05) is 19.1 Å². The molecule has 0 aliphatic heterocycles. The number of rotatable bonds is 7. The van der Waals surface area contributed by atoms with Gasteiger partial charge in [-0.15, -0.1) is 0 Å². The van der Waals surface area contributed by atoms with Crippen molar-refractivity contribution in [3.05, 3.63) is 57.5 Å². The molecule has 1 N–H and O–H groups in total. The summed E-state index contributed by atoms with van der Waals surface area (Å²) in [5, 5.41) is 4.46. The molecular formula is C17H16BrClN2O3. The molecular weight excluding hydrogens is 396 g/mol. The number of hydrazone groups is 1. The summed E-state index contributed by atoms with van der Waals surface area (Å²) in [6, 6.07) is 12.4. The van der Waals surface area contributed by atoms with Crippen LogP contribution < -0.4 is 14.9 Å². The van der Waals surface area contributed by atoms with Crippen molar-refractivity contribution in [1.82, 2.24) is 5.43 Å². The van der Waals surface area contributed by atoms with Gasteiger partial charge in [-0.25, -0.2) is 5.43 Å². The molecule has 7 heteroatoms. The van der Waals surface area contributed by atoms with Crippen LogP contribution in [-0.2, 0) is 4.79 Å². The van der Waals surface area contributed by atoms with Crippen LogP contribution in [0, 0.1) is 0 Å². The molecule has 5 nitrogen and oxygen atoms in total.